The number of nitrogens with two attached hydrogens (primary N) is 1. The van der Waals surface area contributed by atoms with Gasteiger partial charge in [-0.1, -0.05) is 40.0 Å². The zero-order valence-corrected chi connectivity index (χ0v) is 15.5. The van der Waals surface area contributed by atoms with E-state index in [1.54, 1.807) is 0 Å². The number of ketones is 2. The quantitative estimate of drug-likeness (QED) is 0.426. The number of carbonyl (C=O) groups excluding carboxylic acids is 4. The number of rotatable bonds is 7. The third kappa shape index (κ3) is 3.28. The van der Waals surface area contributed by atoms with Crippen molar-refractivity contribution < 1.29 is 19.2 Å². The van der Waals surface area contributed by atoms with E-state index in [0.29, 0.717) is 19.1 Å². The molecule has 2 rings (SSSR count). The Labute approximate surface area is 149 Å². The molecule has 1 saturated carbocycles. The highest BCUT2D eigenvalue weighted by Gasteiger charge is 2.63. The fourth-order valence-corrected chi connectivity index (χ4v) is 4.20. The molecule has 0 aromatic rings. The number of amides is 1. The SMILES string of the molecule is CCCCCC1CC(=O)C2CCN(C(=O)[C@@H](N)C(C)C)C2(C=O)C1=O. The molecule has 0 radical (unpaired) electrons. The van der Waals surface area contributed by atoms with Crippen molar-refractivity contribution in [3.63, 3.8) is 0 Å². The Hall–Kier alpha value is -1.56. The zero-order chi connectivity index (χ0) is 18.8. The van der Waals surface area contributed by atoms with Crippen molar-refractivity contribution in [1.29, 1.82) is 0 Å². The van der Waals surface area contributed by atoms with Crippen LogP contribution in [0.2, 0.25) is 0 Å². The number of nitrogens with zero attached hydrogens (tertiary/aromatic N) is 1. The van der Waals surface area contributed by atoms with Crippen molar-refractivity contribution in [2.24, 2.45) is 23.5 Å². The molecule has 1 heterocycles. The van der Waals surface area contributed by atoms with Gasteiger partial charge in [-0.05, 0) is 18.8 Å². The van der Waals surface area contributed by atoms with Gasteiger partial charge < -0.3 is 15.4 Å². The van der Waals surface area contributed by atoms with Gasteiger partial charge in [0, 0.05) is 18.9 Å². The molecule has 140 valence electrons. The summed E-state index contributed by atoms with van der Waals surface area (Å²) in [5, 5.41) is 0. The maximum absolute atomic E-state index is 13.2. The lowest BCUT2D eigenvalue weighted by Crippen LogP contribution is -2.66. The van der Waals surface area contributed by atoms with Crippen LogP contribution in [-0.2, 0) is 19.2 Å². The summed E-state index contributed by atoms with van der Waals surface area (Å²) in [5.41, 5.74) is 4.36. The van der Waals surface area contributed by atoms with Crippen LogP contribution in [-0.4, -0.2) is 46.8 Å². The second-order valence-corrected chi connectivity index (χ2v) is 7.77. The number of unbranched alkanes of at least 4 members (excludes halogenated alkanes) is 2. The largest absolute Gasteiger partial charge is 0.321 e. The summed E-state index contributed by atoms with van der Waals surface area (Å²) in [5.74, 6) is -2.01. The van der Waals surface area contributed by atoms with Gasteiger partial charge in [-0.25, -0.2) is 0 Å². The van der Waals surface area contributed by atoms with E-state index in [-0.39, 0.29) is 30.4 Å². The first-order valence-corrected chi connectivity index (χ1v) is 9.41. The maximum atomic E-state index is 13.2. The topological polar surface area (TPSA) is 97.5 Å². The highest BCUT2D eigenvalue weighted by atomic mass is 16.2. The number of fused-ring (bicyclic) bond motifs is 1. The molecule has 1 aliphatic heterocycles. The van der Waals surface area contributed by atoms with E-state index >= 15 is 0 Å². The van der Waals surface area contributed by atoms with Crippen molar-refractivity contribution >= 4 is 23.8 Å². The molecule has 25 heavy (non-hydrogen) atoms. The average molecular weight is 350 g/mol. The highest BCUT2D eigenvalue weighted by molar-refractivity contribution is 6.15. The first-order chi connectivity index (χ1) is 11.8. The lowest BCUT2D eigenvalue weighted by Gasteiger charge is -2.42. The van der Waals surface area contributed by atoms with Crippen molar-refractivity contribution in [1.82, 2.24) is 4.90 Å². The number of hydrogen-bond donors (Lipinski definition) is 1. The summed E-state index contributed by atoms with van der Waals surface area (Å²) in [7, 11) is 0. The molecule has 2 fully saturated rings. The molecular weight excluding hydrogens is 320 g/mol. The number of aldehydes is 1. The smallest absolute Gasteiger partial charge is 0.240 e. The Bertz CT molecular complexity index is 560. The molecule has 6 nitrogen and oxygen atoms in total. The minimum absolute atomic E-state index is 0.0679. The Morgan fingerprint density at radius 2 is 2.04 bits per heavy atom. The summed E-state index contributed by atoms with van der Waals surface area (Å²) in [6.07, 6.45) is 4.54. The molecule has 1 aliphatic carbocycles. The number of carbonyl (C=O) groups is 4. The van der Waals surface area contributed by atoms with Crippen molar-refractivity contribution in [3.05, 3.63) is 0 Å². The molecule has 0 aromatic carbocycles. The van der Waals surface area contributed by atoms with Crippen LogP contribution in [0.25, 0.3) is 0 Å². The first kappa shape index (κ1) is 19.8. The van der Waals surface area contributed by atoms with Crippen LogP contribution in [0.4, 0.5) is 0 Å². The monoisotopic (exact) mass is 350 g/mol. The summed E-state index contributed by atoms with van der Waals surface area (Å²) < 4.78 is 0. The Morgan fingerprint density at radius 3 is 2.60 bits per heavy atom. The van der Waals surface area contributed by atoms with Gasteiger partial charge in [0.1, 0.15) is 5.78 Å². The second-order valence-electron chi connectivity index (χ2n) is 7.77. The summed E-state index contributed by atoms with van der Waals surface area (Å²) in [4.78, 5) is 52.0. The van der Waals surface area contributed by atoms with Gasteiger partial charge in [-0.2, -0.15) is 0 Å². The molecule has 0 aromatic heterocycles. The van der Waals surface area contributed by atoms with Crippen molar-refractivity contribution in [3.8, 4) is 0 Å². The van der Waals surface area contributed by atoms with Crippen molar-refractivity contribution in [2.45, 2.75) is 70.9 Å². The minimum atomic E-state index is -1.63. The normalized spacial score (nSPS) is 30.5. The van der Waals surface area contributed by atoms with E-state index in [2.05, 4.69) is 6.92 Å². The van der Waals surface area contributed by atoms with E-state index in [4.69, 9.17) is 5.73 Å². The van der Waals surface area contributed by atoms with Crippen LogP contribution in [0.15, 0.2) is 0 Å². The fraction of sp³-hybridized carbons (Fsp3) is 0.789. The lowest BCUT2D eigenvalue weighted by atomic mass is 9.66. The van der Waals surface area contributed by atoms with Gasteiger partial charge >= 0.3 is 0 Å². The second kappa shape index (κ2) is 7.77. The van der Waals surface area contributed by atoms with Crippen LogP contribution in [0.3, 0.4) is 0 Å². The standard InChI is InChI=1S/C19H30N2O4/c1-4-5-6-7-13-10-15(23)14-8-9-21(18(25)16(20)12(2)3)19(14,11-22)17(13)24/h11-14,16H,4-10,20H2,1-3H3/t13?,14?,16-,19?/m0/s1. The predicted octanol–water partition coefficient (Wildman–Crippen LogP) is 1.49. The Kier molecular flexibility index (Phi) is 6.14. The van der Waals surface area contributed by atoms with Gasteiger partial charge in [0.15, 0.2) is 17.6 Å². The van der Waals surface area contributed by atoms with Gasteiger partial charge in [0.05, 0.1) is 12.0 Å². The average Bonchev–Trinajstić information content (AvgIpc) is 2.99. The van der Waals surface area contributed by atoms with Crippen LogP contribution in [0.1, 0.15) is 59.3 Å². The van der Waals surface area contributed by atoms with Crippen LogP contribution >= 0.6 is 0 Å². The molecule has 3 unspecified atom stereocenters. The molecule has 2 N–H and O–H groups in total. The number of likely N-dealkylation sites (tertiary alicyclic amines) is 1. The summed E-state index contributed by atoms with van der Waals surface area (Å²) in [6.45, 7) is 5.96. The van der Waals surface area contributed by atoms with Gasteiger partial charge in [-0.3, -0.25) is 14.4 Å². The predicted molar refractivity (Wildman–Crippen MR) is 93.7 cm³/mol. The fourth-order valence-electron chi connectivity index (χ4n) is 4.20. The van der Waals surface area contributed by atoms with Crippen LogP contribution in [0.5, 0.6) is 0 Å². The Morgan fingerprint density at radius 1 is 1.36 bits per heavy atom. The van der Waals surface area contributed by atoms with E-state index in [9.17, 15) is 19.2 Å². The molecule has 1 amide bonds. The van der Waals surface area contributed by atoms with E-state index in [0.717, 1.165) is 19.3 Å². The van der Waals surface area contributed by atoms with E-state index in [1.807, 2.05) is 13.8 Å². The zero-order valence-electron chi connectivity index (χ0n) is 15.5. The van der Waals surface area contributed by atoms with Gasteiger partial charge in [-0.15, -0.1) is 0 Å². The van der Waals surface area contributed by atoms with E-state index in [1.165, 1.54) is 4.90 Å². The summed E-state index contributed by atoms with van der Waals surface area (Å²) >= 11 is 0. The van der Waals surface area contributed by atoms with Crippen molar-refractivity contribution in [2.75, 3.05) is 6.54 Å². The number of Topliss-reactive ketones (excluding diaryl/α,β-unsaturated/α-hetero) is 2. The molecular formula is C19H30N2O4. The molecule has 4 atom stereocenters. The third-order valence-electron chi connectivity index (χ3n) is 5.83. The summed E-state index contributed by atoms with van der Waals surface area (Å²) in [6, 6.07) is -0.779. The first-order valence-electron chi connectivity index (χ1n) is 9.41. The van der Waals surface area contributed by atoms with Crippen LogP contribution < -0.4 is 5.73 Å². The highest BCUT2D eigenvalue weighted by Crippen LogP contribution is 2.44. The molecule has 0 spiro atoms. The molecule has 1 saturated heterocycles. The van der Waals surface area contributed by atoms with E-state index < -0.39 is 29.3 Å². The van der Waals surface area contributed by atoms with Gasteiger partial charge in [0.25, 0.3) is 0 Å². The number of hydrogen-bond acceptors (Lipinski definition) is 5. The van der Waals surface area contributed by atoms with Crippen LogP contribution in [0, 0.1) is 17.8 Å². The maximum Gasteiger partial charge on any atom is 0.240 e. The Balaban J connectivity index is 2.34. The molecule has 2 aliphatic rings. The lowest BCUT2D eigenvalue weighted by molar-refractivity contribution is -0.158. The molecule has 6 heteroatoms. The molecule has 0 bridgehead atoms. The minimum Gasteiger partial charge on any atom is -0.321 e. The third-order valence-corrected chi connectivity index (χ3v) is 5.83. The van der Waals surface area contributed by atoms with Gasteiger partial charge in [0.2, 0.25) is 5.91 Å².